The van der Waals surface area contributed by atoms with Crippen molar-refractivity contribution in [3.63, 3.8) is 0 Å². The molecule has 0 aliphatic carbocycles. The molecular weight excluding hydrogens is 228 g/mol. The molecule has 0 aliphatic rings. The maximum absolute atomic E-state index is 12.0. The van der Waals surface area contributed by atoms with Crippen LogP contribution in [0.3, 0.4) is 0 Å². The molecule has 0 spiro atoms. The first kappa shape index (κ1) is 14.5. The van der Waals surface area contributed by atoms with E-state index < -0.39 is 0 Å². The van der Waals surface area contributed by atoms with Crippen LogP contribution in [0.15, 0.2) is 18.2 Å². The fourth-order valence-corrected chi connectivity index (χ4v) is 1.76. The van der Waals surface area contributed by atoms with Gasteiger partial charge in [0.05, 0.1) is 12.8 Å². The van der Waals surface area contributed by atoms with Gasteiger partial charge in [0.25, 0.3) is 0 Å². The predicted molar refractivity (Wildman–Crippen MR) is 74.0 cm³/mol. The van der Waals surface area contributed by atoms with Crippen LogP contribution in [0.1, 0.15) is 25.8 Å². The lowest BCUT2D eigenvalue weighted by Gasteiger charge is -2.21. The summed E-state index contributed by atoms with van der Waals surface area (Å²) in [6, 6.07) is 5.74. The molecular formula is C14H22N2O2. The molecule has 1 aromatic rings. The molecule has 0 bridgehead atoms. The summed E-state index contributed by atoms with van der Waals surface area (Å²) >= 11 is 0. The number of anilines is 1. The van der Waals surface area contributed by atoms with Crippen LogP contribution in [0.25, 0.3) is 0 Å². The van der Waals surface area contributed by atoms with Gasteiger partial charge in [-0.1, -0.05) is 13.0 Å². The number of benzene rings is 1. The second kappa shape index (κ2) is 6.40. The molecule has 0 fully saturated rings. The van der Waals surface area contributed by atoms with E-state index >= 15 is 0 Å². The molecule has 4 nitrogen and oxygen atoms in total. The van der Waals surface area contributed by atoms with Crippen molar-refractivity contribution in [3.05, 3.63) is 23.8 Å². The molecule has 1 atom stereocenters. The number of methoxy groups -OCH3 is 1. The van der Waals surface area contributed by atoms with Crippen LogP contribution in [0, 0.1) is 0 Å². The molecule has 1 rings (SSSR count). The molecule has 0 saturated carbocycles. The van der Waals surface area contributed by atoms with Gasteiger partial charge in [0.1, 0.15) is 5.75 Å². The summed E-state index contributed by atoms with van der Waals surface area (Å²) < 4.78 is 5.30. The fourth-order valence-electron chi connectivity index (χ4n) is 1.76. The Labute approximate surface area is 109 Å². The van der Waals surface area contributed by atoms with Gasteiger partial charge in [0, 0.05) is 19.5 Å². The Morgan fingerprint density at radius 3 is 2.67 bits per heavy atom. The third kappa shape index (κ3) is 3.47. The number of aryl methyl sites for hydroxylation is 1. The summed E-state index contributed by atoms with van der Waals surface area (Å²) in [6.45, 7) is 3.90. The Bertz CT molecular complexity index is 416. The topological polar surface area (TPSA) is 55.6 Å². The van der Waals surface area contributed by atoms with Crippen molar-refractivity contribution in [2.24, 2.45) is 5.73 Å². The first-order valence-electron chi connectivity index (χ1n) is 6.18. The van der Waals surface area contributed by atoms with Gasteiger partial charge in [-0.3, -0.25) is 4.79 Å². The highest BCUT2D eigenvalue weighted by molar-refractivity contribution is 5.94. The fraction of sp³-hybridized carbons (Fsp3) is 0.500. The first-order chi connectivity index (χ1) is 8.49. The monoisotopic (exact) mass is 250 g/mol. The number of ether oxygens (including phenoxy) is 1. The number of amides is 1. The van der Waals surface area contributed by atoms with Crippen LogP contribution < -0.4 is 15.4 Å². The van der Waals surface area contributed by atoms with Crippen molar-refractivity contribution in [2.45, 2.75) is 32.7 Å². The Morgan fingerprint density at radius 2 is 2.17 bits per heavy atom. The predicted octanol–water partition coefficient (Wildman–Crippen LogP) is 1.96. The molecule has 0 saturated heterocycles. The lowest BCUT2D eigenvalue weighted by Crippen LogP contribution is -2.32. The van der Waals surface area contributed by atoms with Crippen LogP contribution in [0.2, 0.25) is 0 Å². The first-order valence-corrected chi connectivity index (χ1v) is 6.18. The highest BCUT2D eigenvalue weighted by Gasteiger charge is 2.16. The van der Waals surface area contributed by atoms with Gasteiger partial charge < -0.3 is 15.4 Å². The van der Waals surface area contributed by atoms with Gasteiger partial charge >= 0.3 is 0 Å². The smallest absolute Gasteiger partial charge is 0.228 e. The molecule has 100 valence electrons. The second-order valence-corrected chi connectivity index (χ2v) is 4.49. The van der Waals surface area contributed by atoms with Gasteiger partial charge in [-0.15, -0.1) is 0 Å². The third-order valence-electron chi connectivity index (χ3n) is 2.88. The van der Waals surface area contributed by atoms with Gasteiger partial charge in [-0.25, -0.2) is 0 Å². The highest BCUT2D eigenvalue weighted by atomic mass is 16.5. The molecule has 0 radical (unpaired) electrons. The second-order valence-electron chi connectivity index (χ2n) is 4.49. The van der Waals surface area contributed by atoms with Crippen molar-refractivity contribution in [1.82, 2.24) is 0 Å². The molecule has 2 N–H and O–H groups in total. The third-order valence-corrected chi connectivity index (χ3v) is 2.88. The van der Waals surface area contributed by atoms with E-state index in [0.29, 0.717) is 12.2 Å². The van der Waals surface area contributed by atoms with Gasteiger partial charge in [0.2, 0.25) is 5.91 Å². The summed E-state index contributed by atoms with van der Waals surface area (Å²) in [6.07, 6.45) is 1.25. The maximum Gasteiger partial charge on any atom is 0.228 e. The SMILES string of the molecule is CCc1ccc(OC)c(N(C)C(=O)CC(C)N)c1. The van der Waals surface area contributed by atoms with Crippen molar-refractivity contribution in [2.75, 3.05) is 19.1 Å². The van der Waals surface area contributed by atoms with Crippen molar-refractivity contribution in [3.8, 4) is 5.75 Å². The summed E-state index contributed by atoms with van der Waals surface area (Å²) in [5.41, 5.74) is 7.62. The van der Waals surface area contributed by atoms with Crippen molar-refractivity contribution >= 4 is 11.6 Å². The molecule has 1 unspecified atom stereocenters. The van der Waals surface area contributed by atoms with E-state index in [1.807, 2.05) is 25.1 Å². The van der Waals surface area contributed by atoms with E-state index in [1.165, 1.54) is 5.56 Å². The molecule has 0 heterocycles. The van der Waals surface area contributed by atoms with E-state index in [-0.39, 0.29) is 11.9 Å². The van der Waals surface area contributed by atoms with E-state index in [1.54, 1.807) is 19.1 Å². The van der Waals surface area contributed by atoms with E-state index in [2.05, 4.69) is 6.92 Å². The Balaban J connectivity index is 3.02. The summed E-state index contributed by atoms with van der Waals surface area (Å²) in [4.78, 5) is 13.6. The Hall–Kier alpha value is -1.55. The number of carbonyl (C=O) groups is 1. The number of hydrogen-bond donors (Lipinski definition) is 1. The van der Waals surface area contributed by atoms with Crippen molar-refractivity contribution < 1.29 is 9.53 Å². The Morgan fingerprint density at radius 1 is 1.50 bits per heavy atom. The zero-order chi connectivity index (χ0) is 13.7. The van der Waals surface area contributed by atoms with Crippen LogP contribution >= 0.6 is 0 Å². The van der Waals surface area contributed by atoms with Gasteiger partial charge in [0.15, 0.2) is 0 Å². The van der Waals surface area contributed by atoms with Crippen LogP contribution in [0.5, 0.6) is 5.75 Å². The average molecular weight is 250 g/mol. The minimum Gasteiger partial charge on any atom is -0.495 e. The van der Waals surface area contributed by atoms with Gasteiger partial charge in [-0.05, 0) is 31.0 Å². The van der Waals surface area contributed by atoms with E-state index in [4.69, 9.17) is 10.5 Å². The zero-order valence-corrected chi connectivity index (χ0v) is 11.6. The average Bonchev–Trinajstić information content (AvgIpc) is 2.36. The minimum atomic E-state index is -0.139. The molecule has 1 aromatic carbocycles. The van der Waals surface area contributed by atoms with Crippen LogP contribution in [-0.4, -0.2) is 26.1 Å². The van der Waals surface area contributed by atoms with Crippen LogP contribution in [-0.2, 0) is 11.2 Å². The summed E-state index contributed by atoms with van der Waals surface area (Å²) in [7, 11) is 3.36. The molecule has 0 aliphatic heterocycles. The minimum absolute atomic E-state index is 0.00319. The lowest BCUT2D eigenvalue weighted by atomic mass is 10.1. The van der Waals surface area contributed by atoms with E-state index in [0.717, 1.165) is 12.1 Å². The number of nitrogens with two attached hydrogens (primary N) is 1. The molecule has 1 amide bonds. The zero-order valence-electron chi connectivity index (χ0n) is 11.6. The quantitative estimate of drug-likeness (QED) is 0.869. The summed E-state index contributed by atoms with van der Waals surface area (Å²) in [5, 5.41) is 0. The number of hydrogen-bond acceptors (Lipinski definition) is 3. The largest absolute Gasteiger partial charge is 0.495 e. The summed E-state index contributed by atoms with van der Waals surface area (Å²) in [5.74, 6) is 0.698. The van der Waals surface area contributed by atoms with Crippen LogP contribution in [0.4, 0.5) is 5.69 Å². The van der Waals surface area contributed by atoms with Crippen molar-refractivity contribution in [1.29, 1.82) is 0 Å². The standard InChI is InChI=1S/C14H22N2O2/c1-5-11-6-7-13(18-4)12(9-11)16(3)14(17)8-10(2)15/h6-7,9-10H,5,8,15H2,1-4H3. The molecule has 18 heavy (non-hydrogen) atoms. The highest BCUT2D eigenvalue weighted by Crippen LogP contribution is 2.29. The molecule has 4 heteroatoms. The number of rotatable bonds is 5. The lowest BCUT2D eigenvalue weighted by molar-refractivity contribution is -0.118. The maximum atomic E-state index is 12.0. The number of carbonyl (C=O) groups excluding carboxylic acids is 1. The molecule has 0 aromatic heterocycles. The van der Waals surface area contributed by atoms with E-state index in [9.17, 15) is 4.79 Å². The van der Waals surface area contributed by atoms with Gasteiger partial charge in [-0.2, -0.15) is 0 Å². The Kier molecular flexibility index (Phi) is 5.16. The number of nitrogens with zero attached hydrogens (tertiary/aromatic N) is 1. The normalized spacial score (nSPS) is 12.1.